The fraction of sp³-hybridized carbons (Fsp3) is 0.545. The molecule has 0 aliphatic carbocycles. The molecular weight excluding hydrogens is 346 g/mol. The Balaban J connectivity index is 2.02. The van der Waals surface area contributed by atoms with Crippen LogP contribution in [-0.2, 0) is 21.7 Å². The summed E-state index contributed by atoms with van der Waals surface area (Å²) in [4.78, 5) is 25.9. The number of carboxylic acid groups (broad SMARTS) is 1. The van der Waals surface area contributed by atoms with E-state index in [2.05, 4.69) is 9.38 Å². The smallest absolute Gasteiger partial charge is 0.418 e. The number of aryl methyl sites for hydroxylation is 1. The lowest BCUT2D eigenvalue weighted by atomic mass is 9.98. The van der Waals surface area contributed by atoms with Crippen LogP contribution in [0.1, 0.15) is 23.3 Å². The molecule has 0 aromatic carbocycles. The van der Waals surface area contributed by atoms with Gasteiger partial charge in [0.1, 0.15) is 6.04 Å². The van der Waals surface area contributed by atoms with Crippen LogP contribution in [0.25, 0.3) is 0 Å². The number of hydrogen-bond acceptors (Lipinski definition) is 6. The minimum absolute atomic E-state index is 0.0277. The Kier molecular flexibility index (Phi) is 3.65. The number of hydroxylamine groups is 2. The zero-order chi connectivity index (χ0) is 17.8. The lowest BCUT2D eigenvalue weighted by molar-refractivity contribution is -0.0317. The first-order chi connectivity index (χ1) is 11.1. The molecule has 2 aliphatic heterocycles. The number of likely N-dealkylation sites (N-methyl/N-ethyl adjacent to an activating group) is 1. The van der Waals surface area contributed by atoms with E-state index in [1.54, 1.807) is 7.05 Å². The van der Waals surface area contributed by atoms with E-state index in [0.717, 1.165) is 4.90 Å². The molecule has 132 valence electrons. The predicted molar refractivity (Wildman–Crippen MR) is 75.9 cm³/mol. The molecule has 1 fully saturated rings. The van der Waals surface area contributed by atoms with Gasteiger partial charge in [-0.05, 0) is 0 Å². The maximum atomic E-state index is 12.5. The molecule has 2 aliphatic rings. The highest BCUT2D eigenvalue weighted by molar-refractivity contribution is 7.80. The summed E-state index contributed by atoms with van der Waals surface area (Å²) < 4.78 is 36.8. The Hall–Kier alpha value is -2.38. The summed E-state index contributed by atoms with van der Waals surface area (Å²) in [5, 5.41) is 13.7. The maximum Gasteiger partial charge on any atom is 0.418 e. The summed E-state index contributed by atoms with van der Waals surface area (Å²) in [6.45, 7) is 0.0607. The highest BCUT2D eigenvalue weighted by Gasteiger charge is 2.51. The quantitative estimate of drug-likeness (QED) is 0.689. The van der Waals surface area contributed by atoms with E-state index in [1.165, 1.54) is 22.8 Å². The first-order valence-electron chi connectivity index (χ1n) is 6.83. The molecule has 13 heteroatoms. The van der Waals surface area contributed by atoms with Crippen LogP contribution in [0.2, 0.25) is 0 Å². The number of carbonyl (C=O) groups is 2. The molecule has 2 N–H and O–H groups in total. The van der Waals surface area contributed by atoms with Crippen LogP contribution in [0, 0.1) is 0 Å². The van der Waals surface area contributed by atoms with E-state index in [-0.39, 0.29) is 13.1 Å². The van der Waals surface area contributed by atoms with Crippen LogP contribution in [-0.4, -0.2) is 75.0 Å². The number of carbonyl (C=O) groups excluding carboxylic acids is 1. The lowest BCUT2D eigenvalue weighted by Gasteiger charge is -2.33. The molecular formula is C11H15N5O7S. The standard InChI is InChI=1S/C11H15N5O7S/c1-13(11(18)19)4-8-9-6(3-12-14(9)2)7-5-15(8)10(17)16(7)23-24(20,21)22/h3,7-8H,4-5H2,1-2H3,(H,18,19)(H,20,21,22)/t7-,8?/m1/s1. The van der Waals surface area contributed by atoms with Crippen LogP contribution in [0.4, 0.5) is 9.59 Å². The monoisotopic (exact) mass is 361 g/mol. The van der Waals surface area contributed by atoms with Crippen molar-refractivity contribution in [3.8, 4) is 0 Å². The number of nitrogens with zero attached hydrogens (tertiary/aromatic N) is 5. The largest absolute Gasteiger partial charge is 0.465 e. The van der Waals surface area contributed by atoms with E-state index >= 15 is 0 Å². The Bertz CT molecular complexity index is 806. The third kappa shape index (κ3) is 2.55. The SMILES string of the molecule is CN(CC1c2c(cnn2C)[C@H]2CN1C(=O)N2OS(=O)(=O)O)C(=O)O. The lowest BCUT2D eigenvalue weighted by Crippen LogP contribution is -2.42. The number of urea groups is 1. The van der Waals surface area contributed by atoms with Crippen molar-refractivity contribution in [3.63, 3.8) is 0 Å². The maximum absolute atomic E-state index is 12.5. The number of hydrogen-bond donors (Lipinski definition) is 2. The molecule has 3 amide bonds. The van der Waals surface area contributed by atoms with E-state index in [9.17, 15) is 18.0 Å². The predicted octanol–water partition coefficient (Wildman–Crippen LogP) is -0.402. The molecule has 3 heterocycles. The Morgan fingerprint density at radius 3 is 2.79 bits per heavy atom. The Labute approximate surface area is 136 Å². The van der Waals surface area contributed by atoms with Crippen molar-refractivity contribution in [1.82, 2.24) is 24.6 Å². The Morgan fingerprint density at radius 2 is 2.21 bits per heavy atom. The van der Waals surface area contributed by atoms with Crippen LogP contribution in [0.3, 0.4) is 0 Å². The van der Waals surface area contributed by atoms with E-state index in [4.69, 9.17) is 9.66 Å². The summed E-state index contributed by atoms with van der Waals surface area (Å²) in [6.07, 6.45) is 0.294. The van der Waals surface area contributed by atoms with Gasteiger partial charge in [0.05, 0.1) is 24.5 Å². The van der Waals surface area contributed by atoms with Gasteiger partial charge in [0.2, 0.25) is 0 Å². The van der Waals surface area contributed by atoms with E-state index < -0.39 is 34.6 Å². The average Bonchev–Trinajstić information content (AvgIpc) is 2.96. The van der Waals surface area contributed by atoms with Crippen molar-refractivity contribution in [3.05, 3.63) is 17.5 Å². The van der Waals surface area contributed by atoms with Crippen molar-refractivity contribution < 1.29 is 31.9 Å². The minimum Gasteiger partial charge on any atom is -0.465 e. The van der Waals surface area contributed by atoms with Crippen LogP contribution >= 0.6 is 0 Å². The van der Waals surface area contributed by atoms with Crippen molar-refractivity contribution in [2.75, 3.05) is 20.1 Å². The van der Waals surface area contributed by atoms with Crippen LogP contribution in [0.5, 0.6) is 0 Å². The third-order valence-corrected chi connectivity index (χ3v) is 4.45. The van der Waals surface area contributed by atoms with Crippen molar-refractivity contribution in [2.24, 2.45) is 7.05 Å². The van der Waals surface area contributed by atoms with Crippen LogP contribution in [0.15, 0.2) is 6.20 Å². The normalized spacial score (nSPS) is 22.7. The molecule has 0 saturated carbocycles. The van der Waals surface area contributed by atoms with Gasteiger partial charge in [0.25, 0.3) is 0 Å². The van der Waals surface area contributed by atoms with Gasteiger partial charge in [-0.15, -0.1) is 4.28 Å². The van der Waals surface area contributed by atoms with Gasteiger partial charge in [-0.2, -0.15) is 18.6 Å². The molecule has 24 heavy (non-hydrogen) atoms. The molecule has 0 spiro atoms. The summed E-state index contributed by atoms with van der Waals surface area (Å²) in [5.41, 5.74) is 1.11. The number of amides is 3. The average molecular weight is 361 g/mol. The molecule has 0 radical (unpaired) electrons. The first-order valence-corrected chi connectivity index (χ1v) is 8.19. The second-order valence-electron chi connectivity index (χ2n) is 5.57. The third-order valence-electron chi connectivity index (χ3n) is 4.10. The molecule has 1 aromatic rings. The summed E-state index contributed by atoms with van der Waals surface area (Å²) >= 11 is 0. The molecule has 1 unspecified atom stereocenters. The number of rotatable bonds is 4. The fourth-order valence-corrected chi connectivity index (χ4v) is 3.44. The fourth-order valence-electron chi connectivity index (χ4n) is 3.07. The van der Waals surface area contributed by atoms with E-state index in [1.807, 2.05) is 0 Å². The zero-order valence-electron chi connectivity index (χ0n) is 12.7. The zero-order valence-corrected chi connectivity index (χ0v) is 13.5. The minimum atomic E-state index is -4.88. The van der Waals surface area contributed by atoms with Crippen LogP contribution < -0.4 is 0 Å². The first kappa shape index (κ1) is 16.5. The molecule has 2 atom stereocenters. The summed E-state index contributed by atoms with van der Waals surface area (Å²) in [6, 6.07) is -2.21. The summed E-state index contributed by atoms with van der Waals surface area (Å²) in [7, 11) is -1.89. The van der Waals surface area contributed by atoms with Gasteiger partial charge in [0.15, 0.2) is 0 Å². The number of aromatic nitrogens is 2. The molecule has 3 rings (SSSR count). The Morgan fingerprint density at radius 1 is 1.54 bits per heavy atom. The number of fused-ring (bicyclic) bond motifs is 4. The van der Waals surface area contributed by atoms with Gasteiger partial charge < -0.3 is 14.9 Å². The molecule has 12 nitrogen and oxygen atoms in total. The molecule has 1 aromatic heterocycles. The molecule has 2 bridgehead atoms. The van der Waals surface area contributed by atoms with Crippen molar-refractivity contribution in [1.29, 1.82) is 0 Å². The van der Waals surface area contributed by atoms with Gasteiger partial charge in [0, 0.05) is 26.2 Å². The molecule has 1 saturated heterocycles. The highest BCUT2D eigenvalue weighted by atomic mass is 32.3. The topological polar surface area (TPSA) is 146 Å². The second-order valence-corrected chi connectivity index (χ2v) is 6.57. The summed E-state index contributed by atoms with van der Waals surface area (Å²) in [5.74, 6) is 0. The second kappa shape index (κ2) is 5.32. The highest BCUT2D eigenvalue weighted by Crippen LogP contribution is 2.44. The van der Waals surface area contributed by atoms with Crippen molar-refractivity contribution in [2.45, 2.75) is 12.1 Å². The van der Waals surface area contributed by atoms with Crippen molar-refractivity contribution >= 4 is 22.5 Å². The van der Waals surface area contributed by atoms with Gasteiger partial charge in [-0.1, -0.05) is 0 Å². The van der Waals surface area contributed by atoms with E-state index in [0.29, 0.717) is 16.3 Å². The van der Waals surface area contributed by atoms with Gasteiger partial charge in [-0.25, -0.2) is 9.59 Å². The van der Waals surface area contributed by atoms with Gasteiger partial charge in [-0.3, -0.25) is 9.23 Å². The van der Waals surface area contributed by atoms with Gasteiger partial charge >= 0.3 is 22.5 Å².